The molecule has 0 radical (unpaired) electrons. The number of nitrogens with zero attached hydrogens (tertiary/aromatic N) is 2. The fourth-order valence-electron chi connectivity index (χ4n) is 2.88. The van der Waals surface area contributed by atoms with Gasteiger partial charge in [-0.3, -0.25) is 0 Å². The number of aromatic nitrogens is 1. The van der Waals surface area contributed by atoms with Crippen molar-refractivity contribution in [2.45, 2.75) is 32.3 Å². The zero-order valence-electron chi connectivity index (χ0n) is 13.4. The maximum Gasteiger partial charge on any atom is 0.407 e. The van der Waals surface area contributed by atoms with Crippen molar-refractivity contribution in [3.05, 3.63) is 28.0 Å². The minimum absolute atomic E-state index is 0.0289. The van der Waals surface area contributed by atoms with Gasteiger partial charge in [0.05, 0.1) is 13.2 Å². The second kappa shape index (κ2) is 6.28. The Morgan fingerprint density at radius 2 is 1.88 bits per heavy atom. The second-order valence-electron chi connectivity index (χ2n) is 6.71. The highest BCUT2D eigenvalue weighted by molar-refractivity contribution is 6.32. The van der Waals surface area contributed by atoms with Gasteiger partial charge in [0.1, 0.15) is 10.3 Å². The van der Waals surface area contributed by atoms with E-state index in [4.69, 9.17) is 27.9 Å². The summed E-state index contributed by atoms with van der Waals surface area (Å²) in [5.41, 5.74) is -3.62. The van der Waals surface area contributed by atoms with Gasteiger partial charge >= 0.3 is 12.0 Å². The van der Waals surface area contributed by atoms with Crippen LogP contribution in [0.2, 0.25) is 10.3 Å². The molecule has 2 rings (SSSR count). The van der Waals surface area contributed by atoms with Crippen molar-refractivity contribution < 1.29 is 23.4 Å². The van der Waals surface area contributed by atoms with E-state index < -0.39 is 35.1 Å². The van der Waals surface area contributed by atoms with Gasteiger partial charge in [0.2, 0.25) is 0 Å². The molecule has 0 aromatic carbocycles. The largest absolute Gasteiger partial charge is 0.465 e. The van der Waals surface area contributed by atoms with Crippen molar-refractivity contribution in [1.82, 2.24) is 9.88 Å². The number of carboxylic acid groups (broad SMARTS) is 1. The molecule has 24 heavy (non-hydrogen) atoms. The minimum atomic E-state index is -3.55. The summed E-state index contributed by atoms with van der Waals surface area (Å²) in [6, 6.07) is 2.04. The Morgan fingerprint density at radius 1 is 1.33 bits per heavy atom. The molecule has 2 heterocycles. The first-order valence-corrected chi connectivity index (χ1v) is 7.99. The van der Waals surface area contributed by atoms with E-state index in [1.54, 1.807) is 20.8 Å². The molecule has 1 fully saturated rings. The predicted octanol–water partition coefficient (Wildman–Crippen LogP) is 4.28. The third-order valence-corrected chi connectivity index (χ3v) is 4.63. The molecule has 1 aromatic heterocycles. The number of rotatable bonds is 2. The van der Waals surface area contributed by atoms with Gasteiger partial charge in [-0.25, -0.2) is 9.78 Å². The molecule has 1 amide bonds. The van der Waals surface area contributed by atoms with E-state index in [9.17, 15) is 9.90 Å². The predicted molar refractivity (Wildman–Crippen MR) is 85.9 cm³/mol. The molecular weight excluding hydrogens is 365 g/mol. The van der Waals surface area contributed by atoms with Gasteiger partial charge in [0, 0.05) is 12.1 Å². The molecule has 1 N–H and O–H groups in total. The van der Waals surface area contributed by atoms with E-state index in [0.29, 0.717) is 0 Å². The van der Waals surface area contributed by atoms with Crippen LogP contribution in [0.1, 0.15) is 26.3 Å². The Morgan fingerprint density at radius 3 is 2.33 bits per heavy atom. The van der Waals surface area contributed by atoms with Crippen molar-refractivity contribution >= 4 is 29.3 Å². The summed E-state index contributed by atoms with van der Waals surface area (Å²) in [6.45, 7) is 4.16. The van der Waals surface area contributed by atoms with Crippen LogP contribution in [0.15, 0.2) is 12.1 Å². The molecule has 1 aromatic rings. The number of amides is 1. The molecule has 1 aliphatic heterocycles. The number of morpholine rings is 1. The van der Waals surface area contributed by atoms with Crippen LogP contribution in [0.25, 0.3) is 0 Å². The maximum absolute atomic E-state index is 15.5. The number of halogens is 4. The topological polar surface area (TPSA) is 62.7 Å². The SMILES string of the molecule is CC(C)(C)[C@]1(C(F)(F)c2cc(Cl)nc(Cl)c2)CN(C(=O)O)CCO1. The van der Waals surface area contributed by atoms with Crippen molar-refractivity contribution in [3.8, 4) is 0 Å². The average molecular weight is 383 g/mol. The number of hydrogen-bond acceptors (Lipinski definition) is 3. The van der Waals surface area contributed by atoms with Crippen LogP contribution >= 0.6 is 23.2 Å². The molecule has 0 bridgehead atoms. The molecule has 5 nitrogen and oxygen atoms in total. The van der Waals surface area contributed by atoms with Gasteiger partial charge < -0.3 is 14.7 Å². The Hall–Kier alpha value is -1.18. The lowest BCUT2D eigenvalue weighted by atomic mass is 9.69. The first kappa shape index (κ1) is 19.1. The van der Waals surface area contributed by atoms with E-state index in [-0.39, 0.29) is 23.5 Å². The molecule has 0 aliphatic carbocycles. The lowest BCUT2D eigenvalue weighted by Crippen LogP contribution is -2.67. The standard InChI is InChI=1S/C15H18Cl2F2N2O3/c1-13(2,3)14(8-21(12(22)23)4-5-24-14)15(18,19)9-6-10(16)20-11(17)7-9/h6-7H,4-5,8H2,1-3H3,(H,22,23)/t14-/m0/s1. The quantitative estimate of drug-likeness (QED) is 0.775. The van der Waals surface area contributed by atoms with E-state index in [0.717, 1.165) is 17.0 Å². The lowest BCUT2D eigenvalue weighted by molar-refractivity contribution is -0.280. The van der Waals surface area contributed by atoms with Gasteiger partial charge in [-0.1, -0.05) is 44.0 Å². The fourth-order valence-corrected chi connectivity index (χ4v) is 3.34. The molecule has 1 atom stereocenters. The Kier molecular flexibility index (Phi) is 5.01. The third-order valence-electron chi connectivity index (χ3n) is 4.24. The molecule has 0 unspecified atom stereocenters. The van der Waals surface area contributed by atoms with Crippen LogP contribution in [-0.4, -0.2) is 46.4 Å². The molecule has 1 saturated heterocycles. The number of carbonyl (C=O) groups is 1. The highest BCUT2D eigenvalue weighted by Gasteiger charge is 2.64. The minimum Gasteiger partial charge on any atom is -0.465 e. The summed E-state index contributed by atoms with van der Waals surface area (Å²) in [5.74, 6) is -3.55. The smallest absolute Gasteiger partial charge is 0.407 e. The Labute approximate surface area is 148 Å². The third kappa shape index (κ3) is 3.17. The highest BCUT2D eigenvalue weighted by atomic mass is 35.5. The van der Waals surface area contributed by atoms with Crippen LogP contribution in [0.5, 0.6) is 0 Å². The summed E-state index contributed by atoms with van der Waals surface area (Å²) in [5, 5.41) is 8.89. The molecule has 134 valence electrons. The first-order valence-electron chi connectivity index (χ1n) is 7.24. The first-order chi connectivity index (χ1) is 10.9. The van der Waals surface area contributed by atoms with Crippen molar-refractivity contribution in [3.63, 3.8) is 0 Å². The van der Waals surface area contributed by atoms with Gasteiger partial charge in [-0.2, -0.15) is 8.78 Å². The van der Waals surface area contributed by atoms with Crippen LogP contribution in [-0.2, 0) is 10.7 Å². The second-order valence-corrected chi connectivity index (χ2v) is 7.48. The molecule has 0 spiro atoms. The molecule has 0 saturated carbocycles. The molecular formula is C15H18Cl2F2N2O3. The van der Waals surface area contributed by atoms with Gasteiger partial charge in [-0.15, -0.1) is 0 Å². The summed E-state index contributed by atoms with van der Waals surface area (Å²) in [6.07, 6.45) is -1.27. The number of pyridine rings is 1. The average Bonchev–Trinajstić information content (AvgIpc) is 2.44. The summed E-state index contributed by atoms with van der Waals surface area (Å²) >= 11 is 11.5. The maximum atomic E-state index is 15.5. The fraction of sp³-hybridized carbons (Fsp3) is 0.600. The van der Waals surface area contributed by atoms with Crippen LogP contribution in [0, 0.1) is 5.41 Å². The normalized spacial score (nSPS) is 22.5. The van der Waals surface area contributed by atoms with Gasteiger partial charge in [0.15, 0.2) is 5.60 Å². The van der Waals surface area contributed by atoms with E-state index >= 15 is 8.78 Å². The zero-order chi connectivity index (χ0) is 18.3. The molecule has 9 heteroatoms. The van der Waals surface area contributed by atoms with Crippen LogP contribution in [0.3, 0.4) is 0 Å². The van der Waals surface area contributed by atoms with E-state index in [1.807, 2.05) is 0 Å². The highest BCUT2D eigenvalue weighted by Crippen LogP contribution is 2.52. The van der Waals surface area contributed by atoms with E-state index in [2.05, 4.69) is 4.98 Å². The van der Waals surface area contributed by atoms with Gasteiger partial charge in [-0.05, 0) is 17.5 Å². The number of alkyl halides is 2. The molecule has 1 aliphatic rings. The van der Waals surface area contributed by atoms with E-state index in [1.165, 1.54) is 0 Å². The monoisotopic (exact) mass is 382 g/mol. The summed E-state index contributed by atoms with van der Waals surface area (Å²) in [7, 11) is 0. The van der Waals surface area contributed by atoms with Crippen molar-refractivity contribution in [2.75, 3.05) is 19.7 Å². The number of ether oxygens (including phenoxy) is 1. The zero-order valence-corrected chi connectivity index (χ0v) is 15.0. The van der Waals surface area contributed by atoms with Crippen LogP contribution in [0.4, 0.5) is 13.6 Å². The number of hydrogen-bond donors (Lipinski definition) is 1. The van der Waals surface area contributed by atoms with Gasteiger partial charge in [0.25, 0.3) is 0 Å². The lowest BCUT2D eigenvalue weighted by Gasteiger charge is -2.53. The summed E-state index contributed by atoms with van der Waals surface area (Å²) < 4.78 is 36.5. The van der Waals surface area contributed by atoms with Crippen molar-refractivity contribution in [1.29, 1.82) is 0 Å². The Bertz CT molecular complexity index is 632. The Balaban J connectivity index is 2.60. The van der Waals surface area contributed by atoms with Crippen molar-refractivity contribution in [2.24, 2.45) is 5.41 Å². The summed E-state index contributed by atoms with van der Waals surface area (Å²) in [4.78, 5) is 15.9. The van der Waals surface area contributed by atoms with Crippen LogP contribution < -0.4 is 0 Å².